The van der Waals surface area contributed by atoms with Crippen LogP contribution in [0.2, 0.25) is 0 Å². The second-order valence-electron chi connectivity index (χ2n) is 7.61. The topological polar surface area (TPSA) is 76.6 Å². The number of aryl methyl sites for hydroxylation is 1. The van der Waals surface area contributed by atoms with Gasteiger partial charge in [0, 0.05) is 39.0 Å². The van der Waals surface area contributed by atoms with Crippen molar-refractivity contribution in [3.8, 4) is 10.9 Å². The summed E-state index contributed by atoms with van der Waals surface area (Å²) in [5.74, 6) is 0.736. The summed E-state index contributed by atoms with van der Waals surface area (Å²) in [6, 6.07) is 10.5. The van der Waals surface area contributed by atoms with Crippen LogP contribution in [0.3, 0.4) is 0 Å². The van der Waals surface area contributed by atoms with Crippen LogP contribution in [0.15, 0.2) is 36.5 Å². The molecule has 1 aromatic carbocycles. The zero-order valence-electron chi connectivity index (χ0n) is 17.3. The van der Waals surface area contributed by atoms with Gasteiger partial charge < -0.3 is 14.8 Å². The van der Waals surface area contributed by atoms with E-state index in [1.54, 1.807) is 0 Å². The number of aromatic nitrogens is 2. The van der Waals surface area contributed by atoms with E-state index in [2.05, 4.69) is 38.4 Å². The molecular weight excluding hydrogens is 400 g/mol. The third-order valence-electron chi connectivity index (χ3n) is 5.13. The van der Waals surface area contributed by atoms with Crippen LogP contribution >= 0.6 is 11.3 Å². The van der Waals surface area contributed by atoms with Gasteiger partial charge in [-0.15, -0.1) is 0 Å². The highest BCUT2D eigenvalue weighted by atomic mass is 32.1. The van der Waals surface area contributed by atoms with Crippen molar-refractivity contribution in [3.05, 3.63) is 47.7 Å². The van der Waals surface area contributed by atoms with Crippen LogP contribution in [0, 0.1) is 6.92 Å². The summed E-state index contributed by atoms with van der Waals surface area (Å²) in [4.78, 5) is 22.8. The van der Waals surface area contributed by atoms with Crippen molar-refractivity contribution in [2.24, 2.45) is 0 Å². The lowest BCUT2D eigenvalue weighted by Crippen LogP contribution is -2.45. The van der Waals surface area contributed by atoms with E-state index in [1.807, 2.05) is 25.3 Å². The zero-order valence-corrected chi connectivity index (χ0v) is 18.1. The number of amides is 1. The third-order valence-corrected chi connectivity index (χ3v) is 6.00. The van der Waals surface area contributed by atoms with Crippen molar-refractivity contribution >= 4 is 27.6 Å². The van der Waals surface area contributed by atoms with Gasteiger partial charge in [-0.2, -0.15) is 4.98 Å². The van der Waals surface area contributed by atoms with Gasteiger partial charge in [0.15, 0.2) is 5.65 Å². The van der Waals surface area contributed by atoms with Gasteiger partial charge in [-0.1, -0.05) is 23.5 Å². The number of hydrogen-bond acceptors (Lipinski definition) is 7. The van der Waals surface area contributed by atoms with Crippen molar-refractivity contribution in [1.82, 2.24) is 20.2 Å². The van der Waals surface area contributed by atoms with Crippen LogP contribution in [-0.2, 0) is 16.1 Å². The summed E-state index contributed by atoms with van der Waals surface area (Å²) in [5.41, 5.74) is 3.08. The average molecular weight is 427 g/mol. The van der Waals surface area contributed by atoms with E-state index < -0.39 is 0 Å². The number of likely N-dealkylation sites (tertiary alicyclic amines) is 1. The molecule has 7 nitrogen and oxygen atoms in total. The Hall–Kier alpha value is -2.55. The highest BCUT2D eigenvalue weighted by Crippen LogP contribution is 2.31. The first-order valence-corrected chi connectivity index (χ1v) is 10.9. The standard InChI is InChI=1S/C22H26N4O3S/c1-15-11-19-21(23-12-15)25-22(30-19)29-18-5-3-16(4-6-18)13-26-9-7-17(8-10-26)24-20(27)14-28-2/h3-6,11-12,17H,7-10,13-14H2,1-2H3,(H,24,27). The summed E-state index contributed by atoms with van der Waals surface area (Å²) in [6.07, 6.45) is 3.74. The molecule has 4 rings (SSSR count). The minimum absolute atomic E-state index is 0.0365. The first kappa shape index (κ1) is 20.7. The van der Waals surface area contributed by atoms with Crippen LogP contribution in [-0.4, -0.2) is 53.6 Å². The molecule has 0 bridgehead atoms. The monoisotopic (exact) mass is 426 g/mol. The molecule has 30 heavy (non-hydrogen) atoms. The molecule has 1 amide bonds. The first-order valence-electron chi connectivity index (χ1n) is 10.1. The fraction of sp³-hybridized carbons (Fsp3) is 0.409. The highest BCUT2D eigenvalue weighted by molar-refractivity contribution is 7.20. The van der Waals surface area contributed by atoms with Gasteiger partial charge in [0.05, 0.1) is 4.70 Å². The van der Waals surface area contributed by atoms with Crippen LogP contribution < -0.4 is 10.1 Å². The first-order chi connectivity index (χ1) is 14.6. The molecule has 158 valence electrons. The maximum atomic E-state index is 11.6. The van der Waals surface area contributed by atoms with Crippen molar-refractivity contribution in [2.75, 3.05) is 26.8 Å². The van der Waals surface area contributed by atoms with Crippen LogP contribution in [0.5, 0.6) is 10.9 Å². The summed E-state index contributed by atoms with van der Waals surface area (Å²) >= 11 is 1.50. The van der Waals surface area contributed by atoms with Crippen molar-refractivity contribution in [3.63, 3.8) is 0 Å². The Morgan fingerprint density at radius 3 is 2.77 bits per heavy atom. The predicted molar refractivity (Wildman–Crippen MR) is 117 cm³/mol. The molecule has 0 spiro atoms. The number of fused-ring (bicyclic) bond motifs is 1. The largest absolute Gasteiger partial charge is 0.431 e. The van der Waals surface area contributed by atoms with Crippen molar-refractivity contribution in [1.29, 1.82) is 0 Å². The lowest BCUT2D eigenvalue weighted by Gasteiger charge is -2.32. The zero-order chi connectivity index (χ0) is 20.9. The number of carbonyl (C=O) groups excluding carboxylic acids is 1. The molecule has 0 atom stereocenters. The van der Waals surface area contributed by atoms with Crippen molar-refractivity contribution in [2.45, 2.75) is 32.4 Å². The molecular formula is C22H26N4O3S. The Morgan fingerprint density at radius 1 is 1.27 bits per heavy atom. The Balaban J connectivity index is 1.28. The molecule has 3 heterocycles. The Labute approximate surface area is 180 Å². The van der Waals surface area contributed by atoms with Crippen LogP contribution in [0.4, 0.5) is 0 Å². The number of methoxy groups -OCH3 is 1. The smallest absolute Gasteiger partial charge is 0.281 e. The van der Waals surface area contributed by atoms with Gasteiger partial charge >= 0.3 is 0 Å². The Bertz CT molecular complexity index is 997. The molecule has 1 fully saturated rings. The number of carbonyl (C=O) groups is 1. The lowest BCUT2D eigenvalue weighted by atomic mass is 10.0. The van der Waals surface area contributed by atoms with Gasteiger partial charge in [-0.25, -0.2) is 4.98 Å². The molecule has 1 N–H and O–H groups in total. The summed E-state index contributed by atoms with van der Waals surface area (Å²) < 4.78 is 11.8. The third kappa shape index (κ3) is 5.33. The number of rotatable bonds is 7. The second-order valence-corrected chi connectivity index (χ2v) is 8.60. The van der Waals surface area contributed by atoms with Gasteiger partial charge in [-0.05, 0) is 49.1 Å². The second kappa shape index (κ2) is 9.51. The summed E-state index contributed by atoms with van der Waals surface area (Å²) in [5, 5.41) is 3.64. The molecule has 1 saturated heterocycles. The average Bonchev–Trinajstić information content (AvgIpc) is 3.12. The van der Waals surface area contributed by atoms with E-state index in [0.717, 1.165) is 54.1 Å². The number of piperidine rings is 1. The molecule has 3 aromatic rings. The number of thiazole rings is 1. The molecule has 8 heteroatoms. The van der Waals surface area contributed by atoms with Gasteiger partial charge in [-0.3, -0.25) is 9.69 Å². The molecule has 1 aliphatic rings. The number of nitrogens with one attached hydrogen (secondary N) is 1. The molecule has 0 radical (unpaired) electrons. The van der Waals surface area contributed by atoms with Gasteiger partial charge in [0.2, 0.25) is 5.91 Å². The lowest BCUT2D eigenvalue weighted by molar-refractivity contribution is -0.125. The number of pyridine rings is 1. The Morgan fingerprint density at radius 2 is 2.03 bits per heavy atom. The van der Waals surface area contributed by atoms with Gasteiger partial charge in [0.25, 0.3) is 5.19 Å². The molecule has 2 aromatic heterocycles. The summed E-state index contributed by atoms with van der Waals surface area (Å²) in [6.45, 7) is 4.97. The summed E-state index contributed by atoms with van der Waals surface area (Å²) in [7, 11) is 1.54. The van der Waals surface area contributed by atoms with E-state index in [-0.39, 0.29) is 18.6 Å². The highest BCUT2D eigenvalue weighted by Gasteiger charge is 2.20. The molecule has 0 unspecified atom stereocenters. The minimum atomic E-state index is -0.0365. The predicted octanol–water partition coefficient (Wildman–Crippen LogP) is 3.52. The van der Waals surface area contributed by atoms with E-state index in [4.69, 9.17) is 9.47 Å². The van der Waals surface area contributed by atoms with E-state index in [9.17, 15) is 4.79 Å². The van der Waals surface area contributed by atoms with Crippen molar-refractivity contribution < 1.29 is 14.3 Å². The number of nitrogens with zero attached hydrogens (tertiary/aromatic N) is 3. The number of hydrogen-bond donors (Lipinski definition) is 1. The quantitative estimate of drug-likeness (QED) is 0.623. The fourth-order valence-electron chi connectivity index (χ4n) is 3.60. The van der Waals surface area contributed by atoms with Crippen LogP contribution in [0.25, 0.3) is 10.3 Å². The molecule has 0 saturated carbocycles. The number of benzene rings is 1. The van der Waals surface area contributed by atoms with E-state index in [1.165, 1.54) is 24.0 Å². The fourth-order valence-corrected chi connectivity index (χ4v) is 4.49. The Kier molecular flexibility index (Phi) is 6.56. The maximum absolute atomic E-state index is 11.6. The SMILES string of the molecule is COCC(=O)NC1CCN(Cc2ccc(Oc3nc4ncc(C)cc4s3)cc2)CC1. The van der Waals surface area contributed by atoms with E-state index in [0.29, 0.717) is 5.19 Å². The van der Waals surface area contributed by atoms with Crippen LogP contribution in [0.1, 0.15) is 24.0 Å². The number of ether oxygens (including phenoxy) is 2. The molecule has 0 aliphatic carbocycles. The minimum Gasteiger partial charge on any atom is -0.431 e. The van der Waals surface area contributed by atoms with Gasteiger partial charge in [0.1, 0.15) is 12.4 Å². The normalized spacial score (nSPS) is 15.4. The van der Waals surface area contributed by atoms with E-state index >= 15 is 0 Å². The maximum Gasteiger partial charge on any atom is 0.281 e. The molecule has 1 aliphatic heterocycles.